The average molecular weight is 435 g/mol. The normalized spacial score (nSPS) is 23.0. The van der Waals surface area contributed by atoms with Crippen LogP contribution in [0.15, 0.2) is 36.4 Å². The Bertz CT molecular complexity index is 856. The molecule has 2 aliphatic rings. The van der Waals surface area contributed by atoms with Crippen LogP contribution in [-0.4, -0.2) is 0 Å². The second-order valence-corrected chi connectivity index (χ2v) is 9.26. The highest BCUT2D eigenvalue weighted by molar-refractivity contribution is 5.32. The summed E-state index contributed by atoms with van der Waals surface area (Å²) in [7, 11) is 0. The van der Waals surface area contributed by atoms with Crippen LogP contribution in [0.25, 0.3) is 0 Å². The molecule has 0 atom stereocenters. The Morgan fingerprint density at radius 2 is 1.32 bits per heavy atom. The van der Waals surface area contributed by atoms with Gasteiger partial charge in [0.05, 0.1) is 5.56 Å². The van der Waals surface area contributed by atoms with Gasteiger partial charge in [-0.3, -0.25) is 0 Å². The van der Waals surface area contributed by atoms with Crippen LogP contribution in [-0.2, 0) is 6.11 Å². The second kappa shape index (κ2) is 9.22. The van der Waals surface area contributed by atoms with E-state index in [1.54, 1.807) is 12.1 Å². The zero-order valence-electron chi connectivity index (χ0n) is 18.0. The number of ether oxygens (including phenoxy) is 1. The fraction of sp³-hybridized carbons (Fsp3) is 0.538. The lowest BCUT2D eigenvalue weighted by Gasteiger charge is -2.36. The van der Waals surface area contributed by atoms with E-state index in [0.29, 0.717) is 5.92 Å². The first-order chi connectivity index (χ1) is 14.8. The van der Waals surface area contributed by atoms with Crippen LogP contribution >= 0.6 is 0 Å². The molecule has 5 heteroatoms. The maximum atomic E-state index is 14.6. The van der Waals surface area contributed by atoms with E-state index in [-0.39, 0.29) is 11.1 Å². The van der Waals surface area contributed by atoms with Crippen molar-refractivity contribution >= 4 is 0 Å². The largest absolute Gasteiger partial charge is 0.429 e. The van der Waals surface area contributed by atoms with Crippen LogP contribution in [0.3, 0.4) is 0 Å². The summed E-state index contributed by atoms with van der Waals surface area (Å²) >= 11 is 0. The summed E-state index contributed by atoms with van der Waals surface area (Å²) in [4.78, 5) is 0. The SMILES string of the molecule is Cc1c(F)cc(OC(F)(F)c2ccc(C3CCC(C4CCCCC4)CC3)cc2)cc1F. The molecule has 0 saturated heterocycles. The Morgan fingerprint density at radius 3 is 1.90 bits per heavy atom. The smallest absolute Gasteiger partial charge is 0.426 e. The molecule has 0 aliphatic heterocycles. The molecule has 168 valence electrons. The summed E-state index contributed by atoms with van der Waals surface area (Å²) in [6.45, 7) is 1.24. The maximum absolute atomic E-state index is 14.6. The molecule has 2 saturated carbocycles. The van der Waals surface area contributed by atoms with Crippen molar-refractivity contribution in [3.63, 3.8) is 0 Å². The molecule has 0 amide bonds. The molecule has 2 aromatic rings. The van der Waals surface area contributed by atoms with Gasteiger partial charge in [0, 0.05) is 17.7 Å². The van der Waals surface area contributed by atoms with Gasteiger partial charge in [-0.15, -0.1) is 0 Å². The van der Waals surface area contributed by atoms with Crippen molar-refractivity contribution in [2.24, 2.45) is 11.8 Å². The molecular formula is C26H30F4O. The Morgan fingerprint density at radius 1 is 0.774 bits per heavy atom. The van der Waals surface area contributed by atoms with E-state index in [1.165, 1.54) is 64.0 Å². The van der Waals surface area contributed by atoms with E-state index in [2.05, 4.69) is 4.74 Å². The van der Waals surface area contributed by atoms with E-state index in [9.17, 15) is 17.6 Å². The van der Waals surface area contributed by atoms with E-state index in [1.807, 2.05) is 0 Å². The Labute approximate surface area is 181 Å². The first-order valence-electron chi connectivity index (χ1n) is 11.5. The minimum Gasteiger partial charge on any atom is -0.429 e. The van der Waals surface area contributed by atoms with Gasteiger partial charge in [0.2, 0.25) is 0 Å². The maximum Gasteiger partial charge on any atom is 0.426 e. The molecule has 1 nitrogen and oxygen atoms in total. The van der Waals surface area contributed by atoms with Crippen molar-refractivity contribution in [1.82, 2.24) is 0 Å². The molecule has 4 rings (SSSR count). The number of hydrogen-bond donors (Lipinski definition) is 0. The average Bonchev–Trinajstić information content (AvgIpc) is 2.78. The van der Waals surface area contributed by atoms with Crippen molar-refractivity contribution in [3.05, 3.63) is 64.7 Å². The van der Waals surface area contributed by atoms with Gasteiger partial charge in [0.25, 0.3) is 0 Å². The lowest BCUT2D eigenvalue weighted by Crippen LogP contribution is -2.23. The summed E-state index contributed by atoms with van der Waals surface area (Å²) in [6, 6.07) is 7.78. The summed E-state index contributed by atoms with van der Waals surface area (Å²) in [5, 5.41) is 0. The highest BCUT2D eigenvalue weighted by Crippen LogP contribution is 2.43. The second-order valence-electron chi connectivity index (χ2n) is 9.26. The molecule has 2 aliphatic carbocycles. The summed E-state index contributed by atoms with van der Waals surface area (Å²) in [5.41, 5.74) is 0.529. The highest BCUT2D eigenvalue weighted by Gasteiger charge is 2.35. The molecule has 0 heterocycles. The molecule has 0 unspecified atom stereocenters. The fourth-order valence-electron chi connectivity index (χ4n) is 5.37. The van der Waals surface area contributed by atoms with Crippen molar-refractivity contribution < 1.29 is 22.3 Å². The monoisotopic (exact) mass is 434 g/mol. The summed E-state index contributed by atoms with van der Waals surface area (Å²) < 4.78 is 61.1. The zero-order valence-corrected chi connectivity index (χ0v) is 18.0. The number of hydrogen-bond acceptors (Lipinski definition) is 1. The predicted molar refractivity (Wildman–Crippen MR) is 113 cm³/mol. The predicted octanol–water partition coefficient (Wildman–Crippen LogP) is 8.26. The third-order valence-electron chi connectivity index (χ3n) is 7.31. The van der Waals surface area contributed by atoms with Crippen molar-refractivity contribution in [3.8, 4) is 5.75 Å². The summed E-state index contributed by atoms with van der Waals surface area (Å²) in [5.74, 6) is -0.248. The third-order valence-corrected chi connectivity index (χ3v) is 7.31. The molecule has 0 bridgehead atoms. The lowest BCUT2D eigenvalue weighted by molar-refractivity contribution is -0.185. The van der Waals surface area contributed by atoms with E-state index < -0.39 is 23.5 Å². The molecule has 2 aromatic carbocycles. The molecule has 31 heavy (non-hydrogen) atoms. The Hall–Kier alpha value is -2.04. The molecular weight excluding hydrogens is 404 g/mol. The van der Waals surface area contributed by atoms with Crippen LogP contribution in [0.4, 0.5) is 17.6 Å². The van der Waals surface area contributed by atoms with Gasteiger partial charge >= 0.3 is 6.11 Å². The Kier molecular flexibility index (Phi) is 6.59. The van der Waals surface area contributed by atoms with E-state index in [0.717, 1.165) is 42.4 Å². The van der Waals surface area contributed by atoms with Gasteiger partial charge in [-0.05, 0) is 68.1 Å². The first kappa shape index (κ1) is 22.2. The standard InChI is InChI=1S/C26H30F4O/c1-17-24(27)15-23(16-25(17)28)31-26(29,30)22-13-11-21(12-14-22)20-9-7-19(8-10-20)18-5-3-2-4-6-18/h11-16,18-20H,2-10H2,1H3. The molecule has 0 aromatic heterocycles. The van der Waals surface area contributed by atoms with Gasteiger partial charge in [-0.25, -0.2) is 8.78 Å². The van der Waals surface area contributed by atoms with Crippen molar-refractivity contribution in [2.75, 3.05) is 0 Å². The minimum absolute atomic E-state index is 0.224. The minimum atomic E-state index is -3.68. The zero-order chi connectivity index (χ0) is 22.0. The lowest BCUT2D eigenvalue weighted by atomic mass is 9.70. The van der Waals surface area contributed by atoms with E-state index >= 15 is 0 Å². The van der Waals surface area contributed by atoms with Crippen LogP contribution < -0.4 is 4.74 Å². The van der Waals surface area contributed by atoms with Crippen LogP contribution in [0.5, 0.6) is 5.75 Å². The van der Waals surface area contributed by atoms with Crippen LogP contribution in [0.2, 0.25) is 0 Å². The quantitative estimate of drug-likeness (QED) is 0.431. The van der Waals surface area contributed by atoms with Gasteiger partial charge in [-0.1, -0.05) is 44.2 Å². The fourth-order valence-corrected chi connectivity index (χ4v) is 5.37. The number of rotatable bonds is 5. The number of halogens is 4. The van der Waals surface area contributed by atoms with Gasteiger partial charge < -0.3 is 4.74 Å². The third kappa shape index (κ3) is 5.07. The van der Waals surface area contributed by atoms with Crippen molar-refractivity contribution in [2.45, 2.75) is 76.7 Å². The van der Waals surface area contributed by atoms with Gasteiger partial charge in [0.15, 0.2) is 0 Å². The van der Waals surface area contributed by atoms with Crippen LogP contribution in [0, 0.1) is 30.4 Å². The molecule has 0 spiro atoms. The molecule has 0 N–H and O–H groups in total. The van der Waals surface area contributed by atoms with E-state index in [4.69, 9.17) is 0 Å². The number of benzene rings is 2. The molecule has 0 radical (unpaired) electrons. The molecule has 2 fully saturated rings. The number of alkyl halides is 2. The van der Waals surface area contributed by atoms with Crippen LogP contribution in [0.1, 0.15) is 80.4 Å². The van der Waals surface area contributed by atoms with Gasteiger partial charge in [-0.2, -0.15) is 8.78 Å². The Balaban J connectivity index is 1.38. The summed E-state index contributed by atoms with van der Waals surface area (Å²) in [6.07, 6.45) is 7.83. The first-order valence-corrected chi connectivity index (χ1v) is 11.5. The highest BCUT2D eigenvalue weighted by atomic mass is 19.3. The van der Waals surface area contributed by atoms with Crippen molar-refractivity contribution in [1.29, 1.82) is 0 Å². The topological polar surface area (TPSA) is 9.23 Å². The van der Waals surface area contributed by atoms with Gasteiger partial charge in [0.1, 0.15) is 17.4 Å².